The Hall–Kier alpha value is -2.00. The lowest BCUT2D eigenvalue weighted by Gasteiger charge is -2.15. The summed E-state index contributed by atoms with van der Waals surface area (Å²) in [5.74, 6) is -0.357. The van der Waals surface area contributed by atoms with Crippen LogP contribution in [0.25, 0.3) is 0 Å². The third-order valence-corrected chi connectivity index (χ3v) is 4.13. The number of rotatable bonds is 3. The Kier molecular flexibility index (Phi) is 3.84. The standard InChI is InChI=1S/C17H16ClNO2/c1-21-17(20)13-6-7-15(18)16(10-13)19-14-8-11-4-2-3-5-12(11)9-14/h2-7,10,14,19H,8-9H2,1H3. The molecule has 0 saturated carbocycles. The SMILES string of the molecule is COC(=O)c1ccc(Cl)c(NC2Cc3ccccc3C2)c1. The Balaban J connectivity index is 1.78. The second-order valence-electron chi connectivity index (χ2n) is 5.20. The zero-order valence-electron chi connectivity index (χ0n) is 11.7. The van der Waals surface area contributed by atoms with E-state index in [1.165, 1.54) is 18.2 Å². The number of hydrogen-bond acceptors (Lipinski definition) is 3. The molecule has 0 fully saturated rings. The fourth-order valence-electron chi connectivity index (χ4n) is 2.76. The topological polar surface area (TPSA) is 38.3 Å². The molecule has 0 heterocycles. The van der Waals surface area contributed by atoms with Crippen LogP contribution in [0.2, 0.25) is 5.02 Å². The van der Waals surface area contributed by atoms with Gasteiger partial charge in [-0.05, 0) is 42.2 Å². The lowest BCUT2D eigenvalue weighted by Crippen LogP contribution is -2.20. The van der Waals surface area contributed by atoms with E-state index in [1.807, 2.05) is 0 Å². The maximum Gasteiger partial charge on any atom is 0.337 e. The van der Waals surface area contributed by atoms with E-state index >= 15 is 0 Å². The monoisotopic (exact) mass is 301 g/mol. The van der Waals surface area contributed by atoms with E-state index in [-0.39, 0.29) is 5.97 Å². The molecule has 0 amide bonds. The number of benzene rings is 2. The molecule has 3 rings (SSSR count). The van der Waals surface area contributed by atoms with Gasteiger partial charge in [0.15, 0.2) is 0 Å². The van der Waals surface area contributed by atoms with Crippen LogP contribution < -0.4 is 5.32 Å². The summed E-state index contributed by atoms with van der Waals surface area (Å²) in [6, 6.07) is 13.9. The molecule has 4 heteroatoms. The Bertz CT molecular complexity index is 659. The molecular weight excluding hydrogens is 286 g/mol. The smallest absolute Gasteiger partial charge is 0.337 e. The van der Waals surface area contributed by atoms with Crippen molar-refractivity contribution >= 4 is 23.3 Å². The van der Waals surface area contributed by atoms with Crippen molar-refractivity contribution in [2.45, 2.75) is 18.9 Å². The number of carbonyl (C=O) groups is 1. The third kappa shape index (κ3) is 2.88. The second-order valence-corrected chi connectivity index (χ2v) is 5.61. The van der Waals surface area contributed by atoms with Crippen LogP contribution in [0.4, 0.5) is 5.69 Å². The quantitative estimate of drug-likeness (QED) is 0.878. The highest BCUT2D eigenvalue weighted by molar-refractivity contribution is 6.33. The number of halogens is 1. The molecule has 1 aliphatic carbocycles. The summed E-state index contributed by atoms with van der Waals surface area (Å²) in [4.78, 5) is 11.6. The Labute approximate surface area is 128 Å². The van der Waals surface area contributed by atoms with Crippen LogP contribution in [-0.2, 0) is 17.6 Å². The van der Waals surface area contributed by atoms with Crippen LogP contribution in [-0.4, -0.2) is 19.1 Å². The molecule has 21 heavy (non-hydrogen) atoms. The first-order valence-corrected chi connectivity index (χ1v) is 7.26. The highest BCUT2D eigenvalue weighted by Crippen LogP contribution is 2.28. The van der Waals surface area contributed by atoms with Crippen molar-refractivity contribution < 1.29 is 9.53 Å². The van der Waals surface area contributed by atoms with E-state index in [0.29, 0.717) is 16.6 Å². The van der Waals surface area contributed by atoms with Gasteiger partial charge in [-0.2, -0.15) is 0 Å². The highest BCUT2D eigenvalue weighted by atomic mass is 35.5. The first-order chi connectivity index (χ1) is 10.2. The number of carbonyl (C=O) groups excluding carboxylic acids is 1. The Morgan fingerprint density at radius 1 is 1.19 bits per heavy atom. The predicted molar refractivity (Wildman–Crippen MR) is 84.1 cm³/mol. The maximum absolute atomic E-state index is 11.6. The fraction of sp³-hybridized carbons (Fsp3) is 0.235. The number of anilines is 1. The van der Waals surface area contributed by atoms with Crippen LogP contribution in [0.5, 0.6) is 0 Å². The Morgan fingerprint density at radius 2 is 1.86 bits per heavy atom. The third-order valence-electron chi connectivity index (χ3n) is 3.80. The summed E-state index contributed by atoms with van der Waals surface area (Å²) < 4.78 is 4.74. The van der Waals surface area contributed by atoms with Gasteiger partial charge in [-0.25, -0.2) is 4.79 Å². The number of fused-ring (bicyclic) bond motifs is 1. The number of ether oxygens (including phenoxy) is 1. The number of hydrogen-bond donors (Lipinski definition) is 1. The Morgan fingerprint density at radius 3 is 2.48 bits per heavy atom. The van der Waals surface area contributed by atoms with Gasteiger partial charge in [-0.1, -0.05) is 35.9 Å². The van der Waals surface area contributed by atoms with Gasteiger partial charge >= 0.3 is 5.97 Å². The molecule has 1 N–H and O–H groups in total. The normalized spacial score (nSPS) is 13.8. The van der Waals surface area contributed by atoms with Crippen molar-refractivity contribution in [2.75, 3.05) is 12.4 Å². The molecule has 2 aromatic carbocycles. The molecular formula is C17H16ClNO2. The fourth-order valence-corrected chi connectivity index (χ4v) is 2.93. The number of esters is 1. The summed E-state index contributed by atoms with van der Waals surface area (Å²) in [7, 11) is 1.37. The van der Waals surface area contributed by atoms with Gasteiger partial charge in [0.1, 0.15) is 0 Å². The number of methoxy groups -OCH3 is 1. The van der Waals surface area contributed by atoms with Gasteiger partial charge < -0.3 is 10.1 Å². The highest BCUT2D eigenvalue weighted by Gasteiger charge is 2.21. The summed E-state index contributed by atoms with van der Waals surface area (Å²) in [5.41, 5.74) is 4.02. The number of nitrogens with one attached hydrogen (secondary N) is 1. The van der Waals surface area contributed by atoms with E-state index in [2.05, 4.69) is 29.6 Å². The second kappa shape index (κ2) is 5.78. The van der Waals surface area contributed by atoms with Crippen LogP contribution in [0.3, 0.4) is 0 Å². The minimum absolute atomic E-state index is 0.299. The van der Waals surface area contributed by atoms with Crippen molar-refractivity contribution in [1.29, 1.82) is 0 Å². The minimum atomic E-state index is -0.357. The zero-order chi connectivity index (χ0) is 14.8. The van der Waals surface area contributed by atoms with Crippen LogP contribution >= 0.6 is 11.6 Å². The molecule has 0 bridgehead atoms. The lowest BCUT2D eigenvalue weighted by atomic mass is 10.1. The summed E-state index contributed by atoms with van der Waals surface area (Å²) in [5, 5.41) is 4.05. The van der Waals surface area contributed by atoms with Gasteiger partial charge in [0.2, 0.25) is 0 Å². The molecule has 0 spiro atoms. The summed E-state index contributed by atoms with van der Waals surface area (Å²) >= 11 is 6.22. The van der Waals surface area contributed by atoms with E-state index < -0.39 is 0 Å². The van der Waals surface area contributed by atoms with Gasteiger partial charge in [0, 0.05) is 6.04 Å². The van der Waals surface area contributed by atoms with E-state index in [0.717, 1.165) is 18.5 Å². The average Bonchev–Trinajstić information content (AvgIpc) is 2.91. The van der Waals surface area contributed by atoms with E-state index in [9.17, 15) is 4.79 Å². The first kappa shape index (κ1) is 14.0. The van der Waals surface area contributed by atoms with Gasteiger partial charge in [0.25, 0.3) is 0 Å². The summed E-state index contributed by atoms with van der Waals surface area (Å²) in [6.07, 6.45) is 1.93. The van der Waals surface area contributed by atoms with Crippen molar-refractivity contribution in [1.82, 2.24) is 0 Å². The van der Waals surface area contributed by atoms with Crippen LogP contribution in [0.15, 0.2) is 42.5 Å². The molecule has 2 aromatic rings. The zero-order valence-corrected chi connectivity index (χ0v) is 12.5. The summed E-state index contributed by atoms with van der Waals surface area (Å²) in [6.45, 7) is 0. The van der Waals surface area contributed by atoms with E-state index in [1.54, 1.807) is 18.2 Å². The van der Waals surface area contributed by atoms with Crippen molar-refractivity contribution in [3.05, 3.63) is 64.2 Å². The van der Waals surface area contributed by atoms with Crippen molar-refractivity contribution in [2.24, 2.45) is 0 Å². The average molecular weight is 302 g/mol. The molecule has 0 atom stereocenters. The van der Waals surface area contributed by atoms with Crippen molar-refractivity contribution in [3.63, 3.8) is 0 Å². The molecule has 108 valence electrons. The minimum Gasteiger partial charge on any atom is -0.465 e. The molecule has 0 unspecified atom stereocenters. The van der Waals surface area contributed by atoms with Crippen molar-refractivity contribution in [3.8, 4) is 0 Å². The first-order valence-electron chi connectivity index (χ1n) is 6.88. The molecule has 0 radical (unpaired) electrons. The maximum atomic E-state index is 11.6. The molecule has 1 aliphatic rings. The van der Waals surface area contributed by atoms with Crippen LogP contribution in [0.1, 0.15) is 21.5 Å². The predicted octanol–water partition coefficient (Wildman–Crippen LogP) is 3.71. The molecule has 0 saturated heterocycles. The molecule has 3 nitrogen and oxygen atoms in total. The van der Waals surface area contributed by atoms with Crippen LogP contribution in [0, 0.1) is 0 Å². The van der Waals surface area contributed by atoms with Gasteiger partial charge in [-0.3, -0.25) is 0 Å². The largest absolute Gasteiger partial charge is 0.465 e. The molecule has 0 aliphatic heterocycles. The van der Waals surface area contributed by atoms with Gasteiger partial charge in [0.05, 0.1) is 23.4 Å². The lowest BCUT2D eigenvalue weighted by molar-refractivity contribution is 0.0601. The van der Waals surface area contributed by atoms with E-state index in [4.69, 9.17) is 16.3 Å². The molecule has 0 aromatic heterocycles. The van der Waals surface area contributed by atoms with Gasteiger partial charge in [-0.15, -0.1) is 0 Å².